The van der Waals surface area contributed by atoms with Gasteiger partial charge in [-0.1, -0.05) is 42.1 Å². The minimum absolute atomic E-state index is 0.173. The van der Waals surface area contributed by atoms with E-state index in [-0.39, 0.29) is 11.9 Å². The van der Waals surface area contributed by atoms with E-state index in [9.17, 15) is 4.79 Å². The summed E-state index contributed by atoms with van der Waals surface area (Å²) >= 11 is 1.45. The molecule has 1 aromatic carbocycles. The minimum Gasteiger partial charge on any atom is -0.335 e. The van der Waals surface area contributed by atoms with Crippen molar-refractivity contribution in [2.24, 2.45) is 0 Å². The van der Waals surface area contributed by atoms with Gasteiger partial charge in [0.2, 0.25) is 11.1 Å². The number of rotatable bonds is 5. The molecular formula is C16H19N5OS. The first-order chi connectivity index (χ1) is 11.3. The van der Waals surface area contributed by atoms with Crippen LogP contribution in [0.5, 0.6) is 0 Å². The van der Waals surface area contributed by atoms with E-state index in [0.717, 1.165) is 37.4 Å². The van der Waals surface area contributed by atoms with Gasteiger partial charge >= 0.3 is 0 Å². The van der Waals surface area contributed by atoms with Gasteiger partial charge in [-0.15, -0.1) is 5.10 Å². The smallest absolute Gasteiger partial charge is 0.233 e. The Balaban J connectivity index is 1.41. The van der Waals surface area contributed by atoms with Gasteiger partial charge < -0.3 is 4.90 Å². The van der Waals surface area contributed by atoms with E-state index >= 15 is 0 Å². The van der Waals surface area contributed by atoms with Crippen LogP contribution in [-0.4, -0.2) is 43.3 Å². The van der Waals surface area contributed by atoms with Crippen LogP contribution in [0.2, 0.25) is 0 Å². The van der Waals surface area contributed by atoms with Crippen LogP contribution in [0.3, 0.4) is 0 Å². The second-order valence-corrected chi connectivity index (χ2v) is 7.02. The number of tetrazole rings is 1. The molecule has 1 aliphatic carbocycles. The first kappa shape index (κ1) is 14.7. The SMILES string of the molecule is O=C(CSc1nnnn1C1CC1)N1CCCC1c1ccccc1. The fourth-order valence-electron chi connectivity index (χ4n) is 3.12. The lowest BCUT2D eigenvalue weighted by Gasteiger charge is -2.25. The lowest BCUT2D eigenvalue weighted by molar-refractivity contribution is -0.129. The number of carbonyl (C=O) groups excluding carboxylic acids is 1. The van der Waals surface area contributed by atoms with Crippen LogP contribution in [0.25, 0.3) is 0 Å². The van der Waals surface area contributed by atoms with Gasteiger partial charge in [0, 0.05) is 6.54 Å². The van der Waals surface area contributed by atoms with Crippen LogP contribution in [0, 0.1) is 0 Å². The molecule has 2 aromatic rings. The van der Waals surface area contributed by atoms with Gasteiger partial charge in [-0.2, -0.15) is 0 Å². The summed E-state index contributed by atoms with van der Waals surface area (Å²) in [5.74, 6) is 0.572. The Kier molecular flexibility index (Phi) is 4.03. The molecule has 1 amide bonds. The molecule has 4 rings (SSSR count). The maximum Gasteiger partial charge on any atom is 0.233 e. The summed E-state index contributed by atoms with van der Waals surface area (Å²) in [5.41, 5.74) is 1.23. The average Bonchev–Trinajstić information content (AvgIpc) is 3.13. The van der Waals surface area contributed by atoms with Crippen LogP contribution >= 0.6 is 11.8 Å². The predicted octanol–water partition coefficient (Wildman–Crippen LogP) is 2.46. The summed E-state index contributed by atoms with van der Waals surface area (Å²) < 4.78 is 1.86. The van der Waals surface area contributed by atoms with Gasteiger partial charge in [0.05, 0.1) is 17.8 Å². The van der Waals surface area contributed by atoms with Gasteiger partial charge in [-0.3, -0.25) is 4.79 Å². The van der Waals surface area contributed by atoms with Crippen molar-refractivity contribution < 1.29 is 4.79 Å². The molecule has 1 aliphatic heterocycles. The number of hydrogen-bond donors (Lipinski definition) is 0. The van der Waals surface area contributed by atoms with E-state index in [2.05, 4.69) is 27.7 Å². The standard InChI is InChI=1S/C16H19N5OS/c22-15(11-23-16-17-18-19-21(16)13-8-9-13)20-10-4-7-14(20)12-5-2-1-3-6-12/h1-3,5-6,13-14H,4,7-11H2. The number of nitrogens with zero attached hydrogens (tertiary/aromatic N) is 5. The fraction of sp³-hybridized carbons (Fsp3) is 0.500. The predicted molar refractivity (Wildman–Crippen MR) is 86.9 cm³/mol. The molecule has 1 unspecified atom stereocenters. The summed E-state index contributed by atoms with van der Waals surface area (Å²) in [5, 5.41) is 12.6. The fourth-order valence-corrected chi connectivity index (χ4v) is 3.96. The van der Waals surface area contributed by atoms with Crippen molar-refractivity contribution in [1.29, 1.82) is 0 Å². The van der Waals surface area contributed by atoms with E-state index in [1.54, 1.807) is 0 Å². The first-order valence-electron chi connectivity index (χ1n) is 8.08. The first-order valence-corrected chi connectivity index (χ1v) is 9.06. The highest BCUT2D eigenvalue weighted by atomic mass is 32.2. The molecule has 1 atom stereocenters. The topological polar surface area (TPSA) is 63.9 Å². The number of amides is 1. The van der Waals surface area contributed by atoms with Crippen LogP contribution in [-0.2, 0) is 4.79 Å². The number of thioether (sulfide) groups is 1. The van der Waals surface area contributed by atoms with Gasteiger partial charge in [-0.25, -0.2) is 4.68 Å². The second kappa shape index (κ2) is 6.31. The van der Waals surface area contributed by atoms with Crippen molar-refractivity contribution >= 4 is 17.7 Å². The third-order valence-electron chi connectivity index (χ3n) is 4.44. The highest BCUT2D eigenvalue weighted by molar-refractivity contribution is 7.99. The average molecular weight is 329 g/mol. The van der Waals surface area contributed by atoms with Crippen molar-refractivity contribution in [2.45, 2.75) is 42.9 Å². The van der Waals surface area contributed by atoms with Crippen molar-refractivity contribution in [3.63, 3.8) is 0 Å². The lowest BCUT2D eigenvalue weighted by Crippen LogP contribution is -2.32. The second-order valence-electron chi connectivity index (χ2n) is 6.08. The molecule has 1 saturated carbocycles. The Hall–Kier alpha value is -1.89. The zero-order valence-corrected chi connectivity index (χ0v) is 13.7. The van der Waals surface area contributed by atoms with E-state index in [1.165, 1.54) is 17.3 Å². The normalized spacial score (nSPS) is 20.9. The largest absolute Gasteiger partial charge is 0.335 e. The third-order valence-corrected chi connectivity index (χ3v) is 5.36. The molecule has 6 nitrogen and oxygen atoms in total. The highest BCUT2D eigenvalue weighted by Crippen LogP contribution is 2.37. The zero-order chi connectivity index (χ0) is 15.6. The lowest BCUT2D eigenvalue weighted by atomic mass is 10.0. The van der Waals surface area contributed by atoms with Gasteiger partial charge in [0.15, 0.2) is 0 Å². The highest BCUT2D eigenvalue weighted by Gasteiger charge is 2.31. The Bertz CT molecular complexity index is 685. The molecule has 0 bridgehead atoms. The van der Waals surface area contributed by atoms with Gasteiger partial charge in [0.1, 0.15) is 0 Å². The molecule has 2 fully saturated rings. The van der Waals surface area contributed by atoms with E-state index in [1.807, 2.05) is 27.8 Å². The Morgan fingerprint density at radius 2 is 2.04 bits per heavy atom. The van der Waals surface area contributed by atoms with Crippen molar-refractivity contribution in [2.75, 3.05) is 12.3 Å². The quantitative estimate of drug-likeness (QED) is 0.789. The molecule has 7 heteroatoms. The van der Waals surface area contributed by atoms with Crippen LogP contribution in [0.15, 0.2) is 35.5 Å². The number of likely N-dealkylation sites (tertiary alicyclic amines) is 1. The van der Waals surface area contributed by atoms with Crippen LogP contribution in [0.1, 0.15) is 43.3 Å². The summed E-state index contributed by atoms with van der Waals surface area (Å²) in [4.78, 5) is 14.7. The minimum atomic E-state index is 0.173. The Labute approximate surface area is 139 Å². The molecule has 23 heavy (non-hydrogen) atoms. The molecule has 0 N–H and O–H groups in total. The van der Waals surface area contributed by atoms with E-state index in [4.69, 9.17) is 0 Å². The molecule has 1 aromatic heterocycles. The molecule has 120 valence electrons. The van der Waals surface area contributed by atoms with Crippen molar-refractivity contribution in [3.8, 4) is 0 Å². The molecule has 0 spiro atoms. The number of benzene rings is 1. The van der Waals surface area contributed by atoms with Crippen molar-refractivity contribution in [1.82, 2.24) is 25.1 Å². The number of aromatic nitrogens is 4. The monoisotopic (exact) mass is 329 g/mol. The molecular weight excluding hydrogens is 310 g/mol. The Morgan fingerprint density at radius 3 is 2.83 bits per heavy atom. The maximum atomic E-state index is 12.6. The van der Waals surface area contributed by atoms with Crippen LogP contribution < -0.4 is 0 Å². The van der Waals surface area contributed by atoms with Crippen molar-refractivity contribution in [3.05, 3.63) is 35.9 Å². The van der Waals surface area contributed by atoms with Gasteiger partial charge in [-0.05, 0) is 41.7 Å². The maximum absolute atomic E-state index is 12.6. The van der Waals surface area contributed by atoms with Crippen LogP contribution in [0.4, 0.5) is 0 Å². The summed E-state index contributed by atoms with van der Waals surface area (Å²) in [6, 6.07) is 10.9. The summed E-state index contributed by atoms with van der Waals surface area (Å²) in [6.07, 6.45) is 4.37. The number of hydrogen-bond acceptors (Lipinski definition) is 5. The summed E-state index contributed by atoms with van der Waals surface area (Å²) in [6.45, 7) is 0.840. The zero-order valence-electron chi connectivity index (χ0n) is 12.8. The molecule has 2 aliphatic rings. The summed E-state index contributed by atoms with van der Waals surface area (Å²) in [7, 11) is 0. The molecule has 2 heterocycles. The number of carbonyl (C=O) groups is 1. The van der Waals surface area contributed by atoms with E-state index in [0.29, 0.717) is 11.8 Å². The molecule has 0 radical (unpaired) electrons. The van der Waals surface area contributed by atoms with Gasteiger partial charge in [0.25, 0.3) is 0 Å². The Morgan fingerprint density at radius 1 is 1.22 bits per heavy atom. The third kappa shape index (κ3) is 3.10. The van der Waals surface area contributed by atoms with E-state index < -0.39 is 0 Å². The molecule has 1 saturated heterocycles.